The van der Waals surface area contributed by atoms with Crippen molar-refractivity contribution in [3.63, 3.8) is 0 Å². The Hall–Kier alpha value is -6.10. The van der Waals surface area contributed by atoms with Crippen LogP contribution in [-0.2, 0) is 65.4 Å². The van der Waals surface area contributed by atoms with Crippen LogP contribution in [0.1, 0.15) is 310 Å². The molecule has 19 heteroatoms. The smallest absolute Gasteiger partial charge is 0.462 e. The first kappa shape index (κ1) is 106. The van der Waals surface area contributed by atoms with Crippen molar-refractivity contribution in [2.24, 2.45) is 0 Å². The highest BCUT2D eigenvalue weighted by atomic mass is 31.2. The van der Waals surface area contributed by atoms with Crippen molar-refractivity contribution in [1.82, 2.24) is 0 Å². The van der Waals surface area contributed by atoms with E-state index in [9.17, 15) is 43.2 Å². The van der Waals surface area contributed by atoms with Crippen LogP contribution in [0.4, 0.5) is 0 Å². The fourth-order valence-electron chi connectivity index (χ4n) is 10.6. The number of esters is 4. The van der Waals surface area contributed by atoms with E-state index in [-0.39, 0.29) is 25.7 Å². The number of aliphatic hydroxyl groups excluding tert-OH is 1. The summed E-state index contributed by atoms with van der Waals surface area (Å²) in [5, 5.41) is 10.7. The zero-order chi connectivity index (χ0) is 81.7. The molecule has 0 rings (SSSR count). The number of ether oxygens (including phenoxy) is 4. The SMILES string of the molecule is CC/C=C\C/C=C\C/C=C\C/C=C\C/C=C\C/C=C\CCC(=O)OC[C@H](COP(=O)(O)OC[C@@H](O)COP(=O)(O)OC[C@@H](COC(=O)CCCCCCCCCCCCCCCCC)OC(=O)CC/C=C\C/C=C\C/C=C\C/C=C\C/C=C\CCCCC)OC(=O)CC/C=C\C/C=C\C/C=C\C/C=C\C/C=C\CCCCC. The molecule has 0 fully saturated rings. The fourth-order valence-corrected chi connectivity index (χ4v) is 12.2. The van der Waals surface area contributed by atoms with Crippen LogP contribution in [0.2, 0.25) is 0 Å². The van der Waals surface area contributed by atoms with Crippen molar-refractivity contribution in [2.45, 2.75) is 329 Å². The molecule has 17 nitrogen and oxygen atoms in total. The second kappa shape index (κ2) is 82.9. The van der Waals surface area contributed by atoms with E-state index in [1.54, 1.807) is 0 Å². The molecular formula is C93H150O17P2. The van der Waals surface area contributed by atoms with Gasteiger partial charge in [0, 0.05) is 25.7 Å². The summed E-state index contributed by atoms with van der Waals surface area (Å²) in [7, 11) is -10.1. The monoisotopic (exact) mass is 1600 g/mol. The van der Waals surface area contributed by atoms with Crippen LogP contribution in [0, 0.1) is 0 Å². The Kier molecular flexibility index (Phi) is 78.4. The quantitative estimate of drug-likeness (QED) is 0.0169. The Bertz CT molecular complexity index is 2890. The minimum Gasteiger partial charge on any atom is -0.462 e. The van der Waals surface area contributed by atoms with E-state index in [0.29, 0.717) is 44.9 Å². The molecule has 5 atom stereocenters. The number of hydrogen-bond acceptors (Lipinski definition) is 15. The molecule has 0 saturated carbocycles. The summed E-state index contributed by atoms with van der Waals surface area (Å²) in [6, 6.07) is 0. The molecule has 0 saturated heterocycles. The Morgan fingerprint density at radius 1 is 0.259 bits per heavy atom. The van der Waals surface area contributed by atoms with Crippen molar-refractivity contribution in [3.05, 3.63) is 194 Å². The molecule has 0 bridgehead atoms. The highest BCUT2D eigenvalue weighted by molar-refractivity contribution is 7.47. The first-order chi connectivity index (χ1) is 54.7. The van der Waals surface area contributed by atoms with E-state index < -0.39 is 97.5 Å². The number of rotatable bonds is 78. The summed E-state index contributed by atoms with van der Waals surface area (Å²) in [6.07, 6.45) is 103. The molecule has 0 amide bonds. The normalized spacial score (nSPS) is 14.7. The van der Waals surface area contributed by atoms with Crippen LogP contribution in [0.3, 0.4) is 0 Å². The molecule has 0 aromatic heterocycles. The number of unbranched alkanes of at least 4 members (excludes halogenated alkanes) is 20. The zero-order valence-electron chi connectivity index (χ0n) is 69.5. The van der Waals surface area contributed by atoms with Crippen molar-refractivity contribution >= 4 is 39.5 Å². The maximum absolute atomic E-state index is 13.1. The second-order valence-corrected chi connectivity index (χ2v) is 30.6. The first-order valence-electron chi connectivity index (χ1n) is 42.7. The lowest BCUT2D eigenvalue weighted by molar-refractivity contribution is -0.161. The van der Waals surface area contributed by atoms with Crippen molar-refractivity contribution in [3.8, 4) is 0 Å². The van der Waals surface area contributed by atoms with Crippen LogP contribution in [0.15, 0.2) is 194 Å². The predicted molar refractivity (Wildman–Crippen MR) is 463 cm³/mol. The van der Waals surface area contributed by atoms with Crippen LogP contribution in [0.5, 0.6) is 0 Å². The van der Waals surface area contributed by atoms with E-state index >= 15 is 0 Å². The number of allylic oxidation sites excluding steroid dienone is 32. The van der Waals surface area contributed by atoms with Crippen LogP contribution in [0.25, 0.3) is 0 Å². The van der Waals surface area contributed by atoms with Crippen LogP contribution in [-0.4, -0.2) is 96.7 Å². The fraction of sp³-hybridized carbons (Fsp3) is 0.613. The van der Waals surface area contributed by atoms with Crippen molar-refractivity contribution < 1.29 is 80.2 Å². The minimum atomic E-state index is -5.03. The van der Waals surface area contributed by atoms with Gasteiger partial charge in [-0.2, -0.15) is 0 Å². The third-order valence-corrected chi connectivity index (χ3v) is 19.0. The lowest BCUT2D eigenvalue weighted by Crippen LogP contribution is -2.30. The Balaban J connectivity index is 5.60. The largest absolute Gasteiger partial charge is 0.472 e. The molecule has 0 radical (unpaired) electrons. The molecule has 3 N–H and O–H groups in total. The molecular weight excluding hydrogens is 1450 g/mol. The average Bonchev–Trinajstić information content (AvgIpc) is 0.908. The van der Waals surface area contributed by atoms with Gasteiger partial charge in [-0.3, -0.25) is 37.3 Å². The topological polar surface area (TPSA) is 237 Å². The minimum absolute atomic E-state index is 0.0113. The first-order valence-corrected chi connectivity index (χ1v) is 45.7. The summed E-state index contributed by atoms with van der Waals surface area (Å²) < 4.78 is 68.5. The molecule has 0 aliphatic rings. The van der Waals surface area contributed by atoms with Gasteiger partial charge in [-0.15, -0.1) is 0 Å². The maximum Gasteiger partial charge on any atom is 0.472 e. The molecule has 0 aromatic carbocycles. The third-order valence-electron chi connectivity index (χ3n) is 17.1. The Labute approximate surface area is 678 Å². The summed E-state index contributed by atoms with van der Waals surface area (Å²) in [5.41, 5.74) is 0. The number of aliphatic hydroxyl groups is 1. The van der Waals surface area contributed by atoms with E-state index in [4.69, 9.17) is 37.0 Å². The summed E-state index contributed by atoms with van der Waals surface area (Å²) >= 11 is 0. The Morgan fingerprint density at radius 3 is 0.768 bits per heavy atom. The highest BCUT2D eigenvalue weighted by Crippen LogP contribution is 2.45. The lowest BCUT2D eigenvalue weighted by atomic mass is 10.0. The van der Waals surface area contributed by atoms with Crippen molar-refractivity contribution in [1.29, 1.82) is 0 Å². The Morgan fingerprint density at radius 2 is 0.482 bits per heavy atom. The van der Waals surface area contributed by atoms with Gasteiger partial charge in [0.1, 0.15) is 19.3 Å². The molecule has 0 aromatic rings. The van der Waals surface area contributed by atoms with Crippen LogP contribution >= 0.6 is 15.6 Å². The van der Waals surface area contributed by atoms with Gasteiger partial charge in [-0.05, 0) is 141 Å². The summed E-state index contributed by atoms with van der Waals surface area (Å²) in [5.74, 6) is -2.48. The van der Waals surface area contributed by atoms with Gasteiger partial charge in [0.2, 0.25) is 0 Å². The van der Waals surface area contributed by atoms with Gasteiger partial charge in [0.15, 0.2) is 12.2 Å². The number of phosphoric ester groups is 2. The molecule has 0 aliphatic heterocycles. The molecule has 634 valence electrons. The molecule has 112 heavy (non-hydrogen) atoms. The van der Waals surface area contributed by atoms with E-state index in [1.807, 2.05) is 54.7 Å². The molecule has 2 unspecified atom stereocenters. The van der Waals surface area contributed by atoms with Gasteiger partial charge in [-0.1, -0.05) is 338 Å². The van der Waals surface area contributed by atoms with Gasteiger partial charge >= 0.3 is 39.5 Å². The lowest BCUT2D eigenvalue weighted by Gasteiger charge is -2.21. The van der Waals surface area contributed by atoms with Gasteiger partial charge < -0.3 is 33.8 Å². The maximum atomic E-state index is 13.1. The summed E-state index contributed by atoms with van der Waals surface area (Å²) in [4.78, 5) is 73.1. The molecule has 0 spiro atoms. The summed E-state index contributed by atoms with van der Waals surface area (Å²) in [6.45, 7) is 4.45. The van der Waals surface area contributed by atoms with Gasteiger partial charge in [0.25, 0.3) is 0 Å². The molecule has 0 aliphatic carbocycles. The zero-order valence-corrected chi connectivity index (χ0v) is 71.3. The van der Waals surface area contributed by atoms with E-state index in [0.717, 1.165) is 109 Å². The predicted octanol–water partition coefficient (Wildman–Crippen LogP) is 25.7. The third kappa shape index (κ3) is 81.9. The average molecular weight is 1600 g/mol. The van der Waals surface area contributed by atoms with Gasteiger partial charge in [0.05, 0.1) is 26.4 Å². The number of carbonyl (C=O) groups is 4. The highest BCUT2D eigenvalue weighted by Gasteiger charge is 2.30. The van der Waals surface area contributed by atoms with Crippen LogP contribution < -0.4 is 0 Å². The van der Waals surface area contributed by atoms with Gasteiger partial charge in [-0.25, -0.2) is 9.13 Å². The van der Waals surface area contributed by atoms with E-state index in [2.05, 4.69) is 167 Å². The van der Waals surface area contributed by atoms with Crippen molar-refractivity contribution in [2.75, 3.05) is 39.6 Å². The van der Waals surface area contributed by atoms with E-state index in [1.165, 1.54) is 103 Å². The number of hydrogen-bond donors (Lipinski definition) is 3. The second-order valence-electron chi connectivity index (χ2n) is 27.7. The molecule has 0 heterocycles. The standard InChI is InChI=1S/C93H150O17P2/c1-5-9-13-17-21-25-29-33-37-40-43-46-50-54-58-62-66-70-74-78-91(96)104-84-89(110-93(98)80-76-72-68-64-60-56-52-48-45-42-39-35-31-27-23-19-15-11-7-3)86-108-112(101,102)106-82-87(94)81-105-111(99,100)107-85-88(83-103-90(95)77-73-69-65-61-57-53-49-36-32-28-24-20-16-12-8-4)109-92(97)79-75-71-67-63-59-55-51-47-44-41-38-34-30-26-22-18-14-10-6-2/h9,13,21-23,25-27,33-35,37-39,43-48,54-56,58-60,66-68,70-72,87-89,94H,5-8,10-12,14-20,24,28-32,36,40-42,49-53,57,61-65,69,73-86H2,1-4H3,(H,99,100)(H,101,102)/b13-9-,25-21-,26-22-,27-23-,37-33-,38-34-,39-35-,46-43-,47-44-,48-45-,58-54-,59-55-,60-56-,70-66-,71-67-,72-68-/t87-,88+,89+/m0/s1. The number of carbonyl (C=O) groups excluding carboxylic acids is 4. The number of phosphoric acid groups is 2.